The van der Waals surface area contributed by atoms with Crippen molar-refractivity contribution in [2.45, 2.75) is 6.54 Å². The molecule has 0 radical (unpaired) electrons. The Morgan fingerprint density at radius 1 is 1.19 bits per heavy atom. The lowest BCUT2D eigenvalue weighted by Crippen LogP contribution is -2.22. The maximum absolute atomic E-state index is 11.4. The van der Waals surface area contributed by atoms with Crippen LogP contribution in [0.15, 0.2) is 35.5 Å². The Morgan fingerprint density at radius 2 is 2.00 bits per heavy atom. The third-order valence-electron chi connectivity index (χ3n) is 1.96. The van der Waals surface area contributed by atoms with Crippen molar-refractivity contribution in [1.29, 1.82) is 0 Å². The van der Waals surface area contributed by atoms with E-state index in [9.17, 15) is 4.79 Å². The van der Waals surface area contributed by atoms with Crippen molar-refractivity contribution in [2.24, 2.45) is 0 Å². The van der Waals surface area contributed by atoms with Gasteiger partial charge in [0.15, 0.2) is 0 Å². The van der Waals surface area contributed by atoms with Crippen LogP contribution in [0.1, 0.15) is 5.56 Å². The first-order valence-corrected chi connectivity index (χ1v) is 5.23. The molecule has 16 heavy (non-hydrogen) atoms. The van der Waals surface area contributed by atoms with E-state index in [-0.39, 0.29) is 5.69 Å². The number of halogens is 2. The lowest BCUT2D eigenvalue weighted by atomic mass is 10.3. The summed E-state index contributed by atoms with van der Waals surface area (Å²) in [4.78, 5) is 18.9. The minimum absolute atomic E-state index is 0.348. The Hall–Kier alpha value is -1.39. The van der Waals surface area contributed by atoms with E-state index in [0.717, 1.165) is 5.56 Å². The highest BCUT2D eigenvalue weighted by Crippen LogP contribution is 2.07. The first kappa shape index (κ1) is 11.1. The summed E-state index contributed by atoms with van der Waals surface area (Å²) in [7, 11) is 0. The number of rotatable bonds is 2. The van der Waals surface area contributed by atoms with E-state index in [0.29, 0.717) is 16.7 Å². The van der Waals surface area contributed by atoms with Gasteiger partial charge < -0.3 is 0 Å². The molecule has 2 heterocycles. The monoisotopic (exact) mass is 255 g/mol. The van der Waals surface area contributed by atoms with Gasteiger partial charge in [0.2, 0.25) is 0 Å². The van der Waals surface area contributed by atoms with Gasteiger partial charge >= 0.3 is 5.69 Å². The van der Waals surface area contributed by atoms with Crippen LogP contribution in [0, 0.1) is 0 Å². The standard InChI is InChI=1S/C10H7Cl2N3O/c11-8-4-14-10(16)15(6-8)5-7-1-2-9(12)13-3-7/h1-4,6H,5H2. The highest BCUT2D eigenvalue weighted by atomic mass is 35.5. The lowest BCUT2D eigenvalue weighted by Gasteiger charge is -2.04. The van der Waals surface area contributed by atoms with Crippen LogP contribution in [0.2, 0.25) is 10.2 Å². The molecule has 0 fully saturated rings. The van der Waals surface area contributed by atoms with Gasteiger partial charge in [0.05, 0.1) is 17.8 Å². The van der Waals surface area contributed by atoms with Crippen LogP contribution in [0.5, 0.6) is 0 Å². The van der Waals surface area contributed by atoms with E-state index < -0.39 is 0 Å². The topological polar surface area (TPSA) is 47.8 Å². The van der Waals surface area contributed by atoms with Gasteiger partial charge in [-0.3, -0.25) is 4.57 Å². The second-order valence-corrected chi connectivity index (χ2v) is 4.00. The number of aromatic nitrogens is 3. The molecule has 6 heteroatoms. The van der Waals surface area contributed by atoms with Crippen molar-refractivity contribution in [1.82, 2.24) is 14.5 Å². The summed E-state index contributed by atoms with van der Waals surface area (Å²) < 4.78 is 1.41. The van der Waals surface area contributed by atoms with Gasteiger partial charge in [0, 0.05) is 12.4 Å². The highest BCUT2D eigenvalue weighted by Gasteiger charge is 2.00. The Labute approximate surface area is 101 Å². The van der Waals surface area contributed by atoms with Crippen LogP contribution in [0.3, 0.4) is 0 Å². The van der Waals surface area contributed by atoms with Crippen molar-refractivity contribution in [2.75, 3.05) is 0 Å². The van der Waals surface area contributed by atoms with Crippen molar-refractivity contribution >= 4 is 23.2 Å². The summed E-state index contributed by atoms with van der Waals surface area (Å²) in [5.41, 5.74) is 0.509. The predicted molar refractivity (Wildman–Crippen MR) is 61.9 cm³/mol. The van der Waals surface area contributed by atoms with E-state index in [4.69, 9.17) is 23.2 Å². The smallest absolute Gasteiger partial charge is 0.293 e. The van der Waals surface area contributed by atoms with Gasteiger partial charge in [-0.15, -0.1) is 0 Å². The maximum atomic E-state index is 11.4. The Bertz CT molecular complexity index is 551. The van der Waals surface area contributed by atoms with Crippen LogP contribution in [-0.4, -0.2) is 14.5 Å². The molecule has 0 atom stereocenters. The normalized spacial score (nSPS) is 10.4. The molecule has 4 nitrogen and oxygen atoms in total. The molecule has 0 aliphatic heterocycles. The van der Waals surface area contributed by atoms with Gasteiger partial charge in [-0.05, 0) is 11.6 Å². The number of hydrogen-bond acceptors (Lipinski definition) is 3. The molecule has 0 unspecified atom stereocenters. The first-order chi connectivity index (χ1) is 7.65. The average Bonchev–Trinajstić information content (AvgIpc) is 2.27. The fourth-order valence-corrected chi connectivity index (χ4v) is 1.52. The van der Waals surface area contributed by atoms with Gasteiger partial charge in [0.25, 0.3) is 0 Å². The van der Waals surface area contributed by atoms with Crippen LogP contribution in [0.25, 0.3) is 0 Å². The summed E-state index contributed by atoms with van der Waals surface area (Å²) in [6, 6.07) is 3.46. The number of hydrogen-bond donors (Lipinski definition) is 0. The molecule has 2 aromatic heterocycles. The molecule has 2 rings (SSSR count). The van der Waals surface area contributed by atoms with Crippen molar-refractivity contribution < 1.29 is 0 Å². The summed E-state index contributed by atoms with van der Waals surface area (Å²) in [5.74, 6) is 0. The van der Waals surface area contributed by atoms with Crippen molar-refractivity contribution in [3.8, 4) is 0 Å². The first-order valence-electron chi connectivity index (χ1n) is 4.47. The Balaban J connectivity index is 2.30. The Morgan fingerprint density at radius 3 is 2.69 bits per heavy atom. The van der Waals surface area contributed by atoms with E-state index >= 15 is 0 Å². The molecule has 0 aliphatic carbocycles. The summed E-state index contributed by atoms with van der Waals surface area (Å²) >= 11 is 11.4. The molecule has 0 amide bonds. The molecule has 0 aromatic carbocycles. The van der Waals surface area contributed by atoms with Gasteiger partial charge in [-0.2, -0.15) is 0 Å². The van der Waals surface area contributed by atoms with Crippen LogP contribution in [-0.2, 0) is 6.54 Å². The largest absolute Gasteiger partial charge is 0.347 e. The predicted octanol–water partition coefficient (Wildman–Crippen LogP) is 1.99. The molecule has 0 saturated heterocycles. The third-order valence-corrected chi connectivity index (χ3v) is 2.38. The molecule has 0 aliphatic rings. The minimum Gasteiger partial charge on any atom is -0.293 e. The summed E-state index contributed by atoms with van der Waals surface area (Å²) in [6.45, 7) is 0.372. The van der Waals surface area contributed by atoms with Crippen molar-refractivity contribution in [3.63, 3.8) is 0 Å². The quantitative estimate of drug-likeness (QED) is 0.772. The minimum atomic E-state index is -0.348. The van der Waals surface area contributed by atoms with Crippen LogP contribution >= 0.6 is 23.2 Å². The molecule has 82 valence electrons. The number of pyridine rings is 1. The summed E-state index contributed by atoms with van der Waals surface area (Å²) in [5, 5.41) is 0.835. The fourth-order valence-electron chi connectivity index (χ4n) is 1.24. The zero-order valence-electron chi connectivity index (χ0n) is 8.10. The molecule has 0 bridgehead atoms. The number of nitrogens with zero attached hydrogens (tertiary/aromatic N) is 3. The molecular formula is C10H7Cl2N3O. The highest BCUT2D eigenvalue weighted by molar-refractivity contribution is 6.30. The molecule has 0 spiro atoms. The second-order valence-electron chi connectivity index (χ2n) is 3.17. The second kappa shape index (κ2) is 4.63. The van der Waals surface area contributed by atoms with Gasteiger partial charge in [0.1, 0.15) is 5.15 Å². The van der Waals surface area contributed by atoms with E-state index in [1.807, 2.05) is 0 Å². The average molecular weight is 256 g/mol. The van der Waals surface area contributed by atoms with Crippen LogP contribution in [0.4, 0.5) is 0 Å². The van der Waals surface area contributed by atoms with E-state index in [2.05, 4.69) is 9.97 Å². The molecular weight excluding hydrogens is 249 g/mol. The lowest BCUT2D eigenvalue weighted by molar-refractivity contribution is 0.725. The van der Waals surface area contributed by atoms with Crippen molar-refractivity contribution in [3.05, 3.63) is 56.9 Å². The maximum Gasteiger partial charge on any atom is 0.347 e. The Kier molecular flexibility index (Phi) is 3.22. The van der Waals surface area contributed by atoms with Gasteiger partial charge in [-0.25, -0.2) is 14.8 Å². The van der Waals surface area contributed by atoms with E-state index in [1.54, 1.807) is 18.3 Å². The summed E-state index contributed by atoms with van der Waals surface area (Å²) in [6.07, 6.45) is 4.46. The zero-order valence-corrected chi connectivity index (χ0v) is 9.61. The fraction of sp³-hybridized carbons (Fsp3) is 0.100. The van der Waals surface area contributed by atoms with E-state index in [1.165, 1.54) is 17.0 Å². The zero-order chi connectivity index (χ0) is 11.5. The van der Waals surface area contributed by atoms with Crippen LogP contribution < -0.4 is 5.69 Å². The molecule has 2 aromatic rings. The van der Waals surface area contributed by atoms with Gasteiger partial charge in [-0.1, -0.05) is 29.3 Å². The molecule has 0 saturated carbocycles. The third kappa shape index (κ3) is 2.59. The molecule has 0 N–H and O–H groups in total. The SMILES string of the molecule is O=c1ncc(Cl)cn1Cc1ccc(Cl)nc1.